The summed E-state index contributed by atoms with van der Waals surface area (Å²) in [7, 11) is 0. The van der Waals surface area contributed by atoms with Gasteiger partial charge < -0.3 is 0 Å². The van der Waals surface area contributed by atoms with Crippen LogP contribution in [0.25, 0.3) is 11.3 Å². The summed E-state index contributed by atoms with van der Waals surface area (Å²) in [4.78, 5) is 4.29. The minimum Gasteiger partial charge on any atom is -0.260 e. The molecule has 0 unspecified atom stereocenters. The van der Waals surface area contributed by atoms with Crippen molar-refractivity contribution in [2.75, 3.05) is 0 Å². The first-order valence-electron chi connectivity index (χ1n) is 6.44. The molecule has 2 aromatic heterocycles. The standard InChI is InChI=1S/C16H12BrN3S/c17-13-6-4-12(5-7-13)15-8-9-16(20-19-15)21-11-14-3-1-2-10-18-14/h1-10H,11H2. The number of nitrogens with zero attached hydrogens (tertiary/aromatic N) is 3. The lowest BCUT2D eigenvalue weighted by atomic mass is 10.1. The second-order valence-electron chi connectivity index (χ2n) is 4.37. The number of hydrogen-bond acceptors (Lipinski definition) is 4. The molecular formula is C16H12BrN3S. The molecule has 0 amide bonds. The van der Waals surface area contributed by atoms with E-state index >= 15 is 0 Å². The van der Waals surface area contributed by atoms with Crippen molar-refractivity contribution >= 4 is 27.7 Å². The average molecular weight is 358 g/mol. The molecule has 104 valence electrons. The molecule has 21 heavy (non-hydrogen) atoms. The van der Waals surface area contributed by atoms with E-state index in [0.717, 1.165) is 32.2 Å². The van der Waals surface area contributed by atoms with Crippen LogP contribution < -0.4 is 0 Å². The van der Waals surface area contributed by atoms with E-state index in [1.807, 2.05) is 54.6 Å². The maximum atomic E-state index is 4.29. The van der Waals surface area contributed by atoms with E-state index in [1.165, 1.54) is 0 Å². The minimum atomic E-state index is 0.799. The predicted molar refractivity (Wildman–Crippen MR) is 89.0 cm³/mol. The Morgan fingerprint density at radius 2 is 1.76 bits per heavy atom. The zero-order valence-electron chi connectivity index (χ0n) is 11.1. The van der Waals surface area contributed by atoms with Gasteiger partial charge >= 0.3 is 0 Å². The van der Waals surface area contributed by atoms with Gasteiger partial charge in [-0.3, -0.25) is 4.98 Å². The van der Waals surface area contributed by atoms with Crippen molar-refractivity contribution in [2.45, 2.75) is 10.8 Å². The maximum Gasteiger partial charge on any atom is 0.119 e. The molecule has 0 aliphatic heterocycles. The van der Waals surface area contributed by atoms with Crippen molar-refractivity contribution < 1.29 is 0 Å². The molecule has 0 radical (unpaired) electrons. The number of rotatable bonds is 4. The number of pyridine rings is 1. The monoisotopic (exact) mass is 357 g/mol. The molecule has 0 atom stereocenters. The third-order valence-corrected chi connectivity index (χ3v) is 4.36. The number of thioether (sulfide) groups is 1. The molecule has 5 heteroatoms. The van der Waals surface area contributed by atoms with Gasteiger partial charge in [-0.05, 0) is 36.4 Å². The topological polar surface area (TPSA) is 38.7 Å². The molecule has 0 bridgehead atoms. The predicted octanol–water partition coefficient (Wildman–Crippen LogP) is 4.59. The molecule has 2 heterocycles. The largest absolute Gasteiger partial charge is 0.260 e. The summed E-state index contributed by atoms with van der Waals surface area (Å²) >= 11 is 5.06. The van der Waals surface area contributed by atoms with Crippen LogP contribution in [-0.4, -0.2) is 15.2 Å². The van der Waals surface area contributed by atoms with Crippen LogP contribution in [0.2, 0.25) is 0 Å². The summed E-state index contributed by atoms with van der Waals surface area (Å²) in [5.74, 6) is 0.799. The number of benzene rings is 1. The summed E-state index contributed by atoms with van der Waals surface area (Å²) in [6.45, 7) is 0. The van der Waals surface area contributed by atoms with Crippen molar-refractivity contribution in [2.24, 2.45) is 0 Å². The van der Waals surface area contributed by atoms with E-state index in [-0.39, 0.29) is 0 Å². The zero-order chi connectivity index (χ0) is 14.5. The highest BCUT2D eigenvalue weighted by Crippen LogP contribution is 2.23. The smallest absolute Gasteiger partial charge is 0.119 e. The van der Waals surface area contributed by atoms with E-state index in [4.69, 9.17) is 0 Å². The van der Waals surface area contributed by atoms with E-state index in [9.17, 15) is 0 Å². The van der Waals surface area contributed by atoms with Crippen molar-refractivity contribution in [1.82, 2.24) is 15.2 Å². The van der Waals surface area contributed by atoms with Gasteiger partial charge in [0, 0.05) is 22.0 Å². The molecule has 1 aromatic carbocycles. The van der Waals surface area contributed by atoms with Gasteiger partial charge in [-0.25, -0.2) is 0 Å². The lowest BCUT2D eigenvalue weighted by Crippen LogP contribution is -1.90. The molecule has 3 rings (SSSR count). The molecule has 0 fully saturated rings. The summed E-state index contributed by atoms with van der Waals surface area (Å²) in [5.41, 5.74) is 2.98. The third kappa shape index (κ3) is 3.89. The van der Waals surface area contributed by atoms with Crippen LogP contribution in [0.1, 0.15) is 5.69 Å². The van der Waals surface area contributed by atoms with Crippen LogP contribution >= 0.6 is 27.7 Å². The highest BCUT2D eigenvalue weighted by molar-refractivity contribution is 9.10. The Bertz CT molecular complexity index is 700. The molecule has 0 aliphatic carbocycles. The van der Waals surface area contributed by atoms with Gasteiger partial charge in [-0.2, -0.15) is 0 Å². The van der Waals surface area contributed by atoms with Crippen LogP contribution in [-0.2, 0) is 5.75 Å². The highest BCUT2D eigenvalue weighted by atomic mass is 79.9. The number of halogens is 1. The van der Waals surface area contributed by atoms with E-state index in [2.05, 4.69) is 31.1 Å². The molecule has 3 nitrogen and oxygen atoms in total. The van der Waals surface area contributed by atoms with Crippen molar-refractivity contribution in [1.29, 1.82) is 0 Å². The van der Waals surface area contributed by atoms with Crippen molar-refractivity contribution in [3.8, 4) is 11.3 Å². The lowest BCUT2D eigenvalue weighted by molar-refractivity contribution is 0.934. The van der Waals surface area contributed by atoms with Crippen molar-refractivity contribution in [3.63, 3.8) is 0 Å². The zero-order valence-corrected chi connectivity index (χ0v) is 13.5. The Kier molecular flexibility index (Phi) is 4.62. The second kappa shape index (κ2) is 6.83. The van der Waals surface area contributed by atoms with Crippen molar-refractivity contribution in [3.05, 3.63) is 71.0 Å². The Morgan fingerprint density at radius 1 is 0.905 bits per heavy atom. The Labute approximate surface area is 136 Å². The first kappa shape index (κ1) is 14.2. The SMILES string of the molecule is Brc1ccc(-c2ccc(SCc3ccccn3)nn2)cc1. The minimum absolute atomic E-state index is 0.799. The number of aromatic nitrogens is 3. The molecule has 0 aliphatic rings. The van der Waals surface area contributed by atoms with Gasteiger partial charge in [0.05, 0.1) is 11.4 Å². The second-order valence-corrected chi connectivity index (χ2v) is 6.28. The molecule has 3 aromatic rings. The highest BCUT2D eigenvalue weighted by Gasteiger charge is 2.02. The Balaban J connectivity index is 1.68. The Morgan fingerprint density at radius 3 is 2.43 bits per heavy atom. The molecule has 0 saturated heterocycles. The first-order chi connectivity index (χ1) is 10.3. The van der Waals surface area contributed by atoms with Gasteiger partial charge in [0.15, 0.2) is 0 Å². The fourth-order valence-electron chi connectivity index (χ4n) is 1.80. The summed E-state index contributed by atoms with van der Waals surface area (Å²) in [5, 5.41) is 9.45. The molecule has 0 spiro atoms. The fourth-order valence-corrected chi connectivity index (χ4v) is 2.80. The fraction of sp³-hybridized carbons (Fsp3) is 0.0625. The average Bonchev–Trinajstić information content (AvgIpc) is 2.55. The normalized spacial score (nSPS) is 10.5. The van der Waals surface area contributed by atoms with Crippen LogP contribution in [0.4, 0.5) is 0 Å². The summed E-state index contributed by atoms with van der Waals surface area (Å²) in [6, 6.07) is 18.0. The number of hydrogen-bond donors (Lipinski definition) is 0. The summed E-state index contributed by atoms with van der Waals surface area (Å²) < 4.78 is 1.06. The quantitative estimate of drug-likeness (QED) is 0.640. The lowest BCUT2D eigenvalue weighted by Gasteiger charge is -2.02. The van der Waals surface area contributed by atoms with Gasteiger partial charge in [0.2, 0.25) is 0 Å². The van der Waals surface area contributed by atoms with E-state index in [0.29, 0.717) is 0 Å². The third-order valence-electron chi connectivity index (χ3n) is 2.87. The van der Waals surface area contributed by atoms with Crippen LogP contribution in [0.15, 0.2) is 70.3 Å². The summed E-state index contributed by atoms with van der Waals surface area (Å²) in [6.07, 6.45) is 1.80. The maximum absolute atomic E-state index is 4.29. The molecule has 0 N–H and O–H groups in total. The van der Waals surface area contributed by atoms with Crippen LogP contribution in [0.5, 0.6) is 0 Å². The first-order valence-corrected chi connectivity index (χ1v) is 8.21. The van der Waals surface area contributed by atoms with Gasteiger partial charge in [0.1, 0.15) is 5.03 Å². The van der Waals surface area contributed by atoms with E-state index < -0.39 is 0 Å². The van der Waals surface area contributed by atoms with Gasteiger partial charge in [-0.15, -0.1) is 10.2 Å². The van der Waals surface area contributed by atoms with Gasteiger partial charge in [0.25, 0.3) is 0 Å². The molecular weight excluding hydrogens is 346 g/mol. The molecule has 0 saturated carbocycles. The van der Waals surface area contributed by atoms with Gasteiger partial charge in [-0.1, -0.05) is 45.9 Å². The van der Waals surface area contributed by atoms with Crippen LogP contribution in [0, 0.1) is 0 Å². The van der Waals surface area contributed by atoms with Crippen LogP contribution in [0.3, 0.4) is 0 Å². The Hall–Kier alpha value is -1.72. The van der Waals surface area contributed by atoms with E-state index in [1.54, 1.807) is 18.0 Å².